The molecule has 1 heterocycles. The number of benzene rings is 1. The lowest BCUT2D eigenvalue weighted by Crippen LogP contribution is -2.30. The van der Waals surface area contributed by atoms with E-state index in [1.165, 1.54) is 11.1 Å². The molecule has 0 aliphatic heterocycles. The lowest BCUT2D eigenvalue weighted by molar-refractivity contribution is 0.508. The van der Waals surface area contributed by atoms with Gasteiger partial charge in [-0.3, -0.25) is 4.79 Å². The first kappa shape index (κ1) is 12.7. The summed E-state index contributed by atoms with van der Waals surface area (Å²) in [5.74, 6) is 0. The molecule has 5 nitrogen and oxygen atoms in total. The van der Waals surface area contributed by atoms with Crippen LogP contribution >= 0.6 is 0 Å². The minimum Gasteiger partial charge on any atom is -0.315 e. The predicted molar refractivity (Wildman–Crippen MR) is 71.6 cm³/mol. The smallest absolute Gasteiger partial charge is 0.277 e. The number of aromatic nitrogens is 3. The number of fused-ring (bicyclic) bond motifs is 1. The molecular weight excluding hydrogens is 228 g/mol. The van der Waals surface area contributed by atoms with Gasteiger partial charge in [0.15, 0.2) is 0 Å². The summed E-state index contributed by atoms with van der Waals surface area (Å²) >= 11 is 0. The minimum atomic E-state index is -0.0714. The highest BCUT2D eigenvalue weighted by molar-refractivity contribution is 5.76. The van der Waals surface area contributed by atoms with Crippen molar-refractivity contribution in [1.82, 2.24) is 20.3 Å². The molecule has 1 N–H and O–H groups in total. The predicted octanol–water partition coefficient (Wildman–Crippen LogP) is 1.18. The first-order valence-electron chi connectivity index (χ1n) is 6.36. The van der Waals surface area contributed by atoms with Crippen LogP contribution in [0.5, 0.6) is 0 Å². The van der Waals surface area contributed by atoms with Crippen molar-refractivity contribution in [1.29, 1.82) is 0 Å². The number of unbranched alkanes of at least 4 members (excludes halogenated alkanes) is 1. The second-order valence-corrected chi connectivity index (χ2v) is 4.24. The van der Waals surface area contributed by atoms with Gasteiger partial charge in [-0.25, -0.2) is 4.68 Å². The van der Waals surface area contributed by atoms with Gasteiger partial charge in [0.1, 0.15) is 5.52 Å². The van der Waals surface area contributed by atoms with E-state index < -0.39 is 0 Å². The minimum absolute atomic E-state index is 0.0714. The fourth-order valence-electron chi connectivity index (χ4n) is 1.78. The lowest BCUT2D eigenvalue weighted by atomic mass is 10.2. The topological polar surface area (TPSA) is 59.8 Å². The number of rotatable bonds is 6. The van der Waals surface area contributed by atoms with Crippen molar-refractivity contribution in [2.45, 2.75) is 26.3 Å². The van der Waals surface area contributed by atoms with E-state index in [2.05, 4.69) is 22.6 Å². The molecule has 0 saturated heterocycles. The standard InChI is InChI=1S/C13H18N4O/c1-2-3-8-14-9-10-17-13(18)11-6-4-5-7-12(11)15-16-17/h4-7,14H,2-3,8-10H2,1H3. The van der Waals surface area contributed by atoms with Crippen molar-refractivity contribution in [3.8, 4) is 0 Å². The van der Waals surface area contributed by atoms with Crippen molar-refractivity contribution in [2.75, 3.05) is 13.1 Å². The summed E-state index contributed by atoms with van der Waals surface area (Å²) in [6.07, 6.45) is 2.32. The zero-order valence-corrected chi connectivity index (χ0v) is 10.6. The number of nitrogens with one attached hydrogen (secondary N) is 1. The molecule has 0 saturated carbocycles. The van der Waals surface area contributed by atoms with Gasteiger partial charge in [0, 0.05) is 6.54 Å². The average molecular weight is 246 g/mol. The Hall–Kier alpha value is -1.75. The molecule has 0 radical (unpaired) electrons. The van der Waals surface area contributed by atoms with Gasteiger partial charge in [0.2, 0.25) is 0 Å². The average Bonchev–Trinajstić information content (AvgIpc) is 2.41. The Morgan fingerprint density at radius 3 is 2.94 bits per heavy atom. The molecule has 5 heteroatoms. The highest BCUT2D eigenvalue weighted by Crippen LogP contribution is 2.02. The fourth-order valence-corrected chi connectivity index (χ4v) is 1.78. The third kappa shape index (κ3) is 2.92. The largest absolute Gasteiger partial charge is 0.315 e. The normalized spacial score (nSPS) is 10.9. The highest BCUT2D eigenvalue weighted by atomic mass is 16.1. The Kier molecular flexibility index (Phi) is 4.41. The first-order valence-corrected chi connectivity index (χ1v) is 6.36. The van der Waals surface area contributed by atoms with Crippen molar-refractivity contribution in [2.24, 2.45) is 0 Å². The van der Waals surface area contributed by atoms with Gasteiger partial charge in [0.05, 0.1) is 11.9 Å². The molecule has 0 aliphatic carbocycles. The fraction of sp³-hybridized carbons (Fsp3) is 0.462. The van der Waals surface area contributed by atoms with Crippen LogP contribution in [0.25, 0.3) is 10.9 Å². The van der Waals surface area contributed by atoms with Gasteiger partial charge in [0.25, 0.3) is 5.56 Å². The molecule has 0 unspecified atom stereocenters. The number of hydrogen-bond donors (Lipinski definition) is 1. The Morgan fingerprint density at radius 2 is 2.11 bits per heavy atom. The molecule has 0 amide bonds. The van der Waals surface area contributed by atoms with Crippen LogP contribution in [0.4, 0.5) is 0 Å². The van der Waals surface area contributed by atoms with E-state index in [1.54, 1.807) is 12.1 Å². The zero-order chi connectivity index (χ0) is 12.8. The molecule has 0 aliphatic rings. The van der Waals surface area contributed by atoms with Crippen LogP contribution < -0.4 is 10.9 Å². The van der Waals surface area contributed by atoms with E-state index in [0.717, 1.165) is 19.5 Å². The summed E-state index contributed by atoms with van der Waals surface area (Å²) < 4.78 is 1.42. The van der Waals surface area contributed by atoms with Crippen molar-refractivity contribution in [3.05, 3.63) is 34.6 Å². The van der Waals surface area contributed by atoms with Gasteiger partial charge >= 0.3 is 0 Å². The summed E-state index contributed by atoms with van der Waals surface area (Å²) in [5.41, 5.74) is 0.579. The Morgan fingerprint density at radius 1 is 1.28 bits per heavy atom. The van der Waals surface area contributed by atoms with Gasteiger partial charge in [-0.05, 0) is 25.1 Å². The Labute approximate surface area is 106 Å². The van der Waals surface area contributed by atoms with Crippen LogP contribution in [0.1, 0.15) is 19.8 Å². The summed E-state index contributed by atoms with van der Waals surface area (Å²) in [5, 5.41) is 11.9. The molecule has 2 aromatic rings. The molecular formula is C13H18N4O. The molecule has 18 heavy (non-hydrogen) atoms. The zero-order valence-electron chi connectivity index (χ0n) is 10.6. The molecule has 96 valence electrons. The van der Waals surface area contributed by atoms with E-state index >= 15 is 0 Å². The molecule has 0 bridgehead atoms. The third-order valence-corrected chi connectivity index (χ3v) is 2.84. The van der Waals surface area contributed by atoms with Gasteiger partial charge in [-0.2, -0.15) is 0 Å². The second kappa shape index (κ2) is 6.26. The van der Waals surface area contributed by atoms with E-state index in [4.69, 9.17) is 0 Å². The van der Waals surface area contributed by atoms with Crippen LogP contribution in [0, 0.1) is 0 Å². The van der Waals surface area contributed by atoms with Crippen LogP contribution in [0.2, 0.25) is 0 Å². The monoisotopic (exact) mass is 246 g/mol. The Balaban J connectivity index is 2.05. The van der Waals surface area contributed by atoms with E-state index in [0.29, 0.717) is 17.4 Å². The summed E-state index contributed by atoms with van der Waals surface area (Å²) in [7, 11) is 0. The van der Waals surface area contributed by atoms with Gasteiger partial charge < -0.3 is 5.32 Å². The van der Waals surface area contributed by atoms with Crippen molar-refractivity contribution >= 4 is 10.9 Å². The van der Waals surface area contributed by atoms with Crippen LogP contribution in [0.3, 0.4) is 0 Å². The first-order chi connectivity index (χ1) is 8.83. The van der Waals surface area contributed by atoms with Crippen LogP contribution in [-0.2, 0) is 6.54 Å². The number of nitrogens with zero attached hydrogens (tertiary/aromatic N) is 3. The van der Waals surface area contributed by atoms with Gasteiger partial charge in [-0.15, -0.1) is 5.10 Å². The highest BCUT2D eigenvalue weighted by Gasteiger charge is 2.03. The summed E-state index contributed by atoms with van der Waals surface area (Å²) in [6.45, 7) is 4.43. The second-order valence-electron chi connectivity index (χ2n) is 4.24. The van der Waals surface area contributed by atoms with Crippen LogP contribution in [-0.4, -0.2) is 28.1 Å². The maximum atomic E-state index is 12.1. The molecule has 1 aromatic carbocycles. The molecule has 0 spiro atoms. The van der Waals surface area contributed by atoms with E-state index in [9.17, 15) is 4.79 Å². The molecule has 0 atom stereocenters. The quantitative estimate of drug-likeness (QED) is 0.778. The third-order valence-electron chi connectivity index (χ3n) is 2.84. The molecule has 0 fully saturated rings. The summed E-state index contributed by atoms with van der Waals surface area (Å²) in [4.78, 5) is 12.1. The molecule has 2 rings (SSSR count). The van der Waals surface area contributed by atoms with Crippen molar-refractivity contribution < 1.29 is 0 Å². The van der Waals surface area contributed by atoms with Crippen LogP contribution in [0.15, 0.2) is 29.1 Å². The number of hydrogen-bond acceptors (Lipinski definition) is 4. The lowest BCUT2D eigenvalue weighted by Gasteiger charge is -2.05. The maximum Gasteiger partial charge on any atom is 0.277 e. The SMILES string of the molecule is CCCCNCCn1nnc2ccccc2c1=O. The van der Waals surface area contributed by atoms with Crippen molar-refractivity contribution in [3.63, 3.8) is 0 Å². The maximum absolute atomic E-state index is 12.1. The van der Waals surface area contributed by atoms with E-state index in [-0.39, 0.29) is 5.56 Å². The Bertz CT molecular complexity index is 564. The summed E-state index contributed by atoms with van der Waals surface area (Å²) in [6, 6.07) is 7.28. The van der Waals surface area contributed by atoms with Gasteiger partial charge in [-0.1, -0.05) is 30.7 Å². The molecule has 1 aromatic heterocycles. The van der Waals surface area contributed by atoms with E-state index in [1.807, 2.05) is 12.1 Å².